The fourth-order valence-corrected chi connectivity index (χ4v) is 1.77. The maximum atomic E-state index is 10.8. The maximum Gasteiger partial charge on any atom is 0.426 e. The number of hydrogen-bond acceptors (Lipinski definition) is 3. The van der Waals surface area contributed by atoms with Gasteiger partial charge in [-0.2, -0.15) is 0 Å². The number of nitrogens with one attached hydrogen (secondary N) is 1. The third kappa shape index (κ3) is 3.28. The lowest BCUT2D eigenvalue weighted by Gasteiger charge is -2.07. The van der Waals surface area contributed by atoms with Gasteiger partial charge >= 0.3 is 5.63 Å². The molecule has 1 unspecified atom stereocenters. The Morgan fingerprint density at radius 2 is 2.12 bits per heavy atom. The van der Waals surface area contributed by atoms with E-state index in [0.29, 0.717) is 13.0 Å². The van der Waals surface area contributed by atoms with E-state index >= 15 is 0 Å². The molecule has 17 heavy (non-hydrogen) atoms. The maximum absolute atomic E-state index is 10.8. The number of aryl methyl sites for hydroxylation is 1. The lowest BCUT2D eigenvalue weighted by Crippen LogP contribution is -2.36. The second kappa shape index (κ2) is 5.29. The summed E-state index contributed by atoms with van der Waals surface area (Å²) in [4.78, 5) is 10.8. The minimum atomic E-state index is -0.561. The highest BCUT2D eigenvalue weighted by Gasteiger charge is 2.12. The lowest BCUT2D eigenvalue weighted by molar-refractivity contribution is -0.763. The molecule has 0 fully saturated rings. The molecule has 0 bridgehead atoms. The molecule has 0 saturated heterocycles. The standard InChI is InChI=1S/C11H11BrN2O3/c12-9-3-1-8(2-4-9)10(15)5-6-14-7-11(16)17-13-14/h1-4,7,10,15H,5-6H2/p+1. The molecule has 0 aliphatic rings. The third-order valence-electron chi connectivity index (χ3n) is 2.42. The average molecular weight is 300 g/mol. The number of rotatable bonds is 4. The molecule has 0 saturated carbocycles. The van der Waals surface area contributed by atoms with Crippen molar-refractivity contribution in [1.29, 1.82) is 0 Å². The zero-order valence-corrected chi connectivity index (χ0v) is 10.6. The van der Waals surface area contributed by atoms with Crippen LogP contribution in [0.5, 0.6) is 0 Å². The predicted molar refractivity (Wildman–Crippen MR) is 63.2 cm³/mol. The Morgan fingerprint density at radius 3 is 2.71 bits per heavy atom. The van der Waals surface area contributed by atoms with Gasteiger partial charge in [-0.25, -0.2) is 4.79 Å². The summed E-state index contributed by atoms with van der Waals surface area (Å²) in [6.07, 6.45) is 1.25. The fraction of sp³-hybridized carbons (Fsp3) is 0.273. The van der Waals surface area contributed by atoms with Crippen molar-refractivity contribution in [2.75, 3.05) is 0 Å². The van der Waals surface area contributed by atoms with Crippen molar-refractivity contribution < 1.29 is 14.3 Å². The summed E-state index contributed by atoms with van der Waals surface area (Å²) in [5.74, 6) is 0. The van der Waals surface area contributed by atoms with Gasteiger partial charge in [0.2, 0.25) is 0 Å². The molecule has 6 heteroatoms. The van der Waals surface area contributed by atoms with Crippen molar-refractivity contribution in [3.63, 3.8) is 0 Å². The van der Waals surface area contributed by atoms with E-state index in [1.807, 2.05) is 24.3 Å². The molecule has 0 radical (unpaired) electrons. The van der Waals surface area contributed by atoms with Crippen LogP contribution in [0.2, 0.25) is 0 Å². The average Bonchev–Trinajstić information content (AvgIpc) is 2.73. The molecule has 5 nitrogen and oxygen atoms in total. The van der Waals surface area contributed by atoms with Crippen molar-refractivity contribution >= 4 is 15.9 Å². The van der Waals surface area contributed by atoms with Crippen LogP contribution in [-0.2, 0) is 6.54 Å². The van der Waals surface area contributed by atoms with Crippen LogP contribution < -0.4 is 10.3 Å². The van der Waals surface area contributed by atoms with Crippen LogP contribution in [0.25, 0.3) is 0 Å². The number of aliphatic hydroxyl groups is 1. The van der Waals surface area contributed by atoms with E-state index in [2.05, 4.69) is 25.7 Å². The number of aromatic nitrogens is 2. The molecular weight excluding hydrogens is 288 g/mol. The van der Waals surface area contributed by atoms with Crippen molar-refractivity contribution in [2.45, 2.75) is 19.1 Å². The number of aliphatic hydroxyl groups excluding tert-OH is 1. The Bertz CT molecular complexity index is 532. The van der Waals surface area contributed by atoms with Crippen molar-refractivity contribution in [1.82, 2.24) is 5.27 Å². The number of H-pyrrole nitrogens is 1. The van der Waals surface area contributed by atoms with E-state index in [4.69, 9.17) is 0 Å². The molecule has 0 aliphatic carbocycles. The molecule has 1 aromatic heterocycles. The Kier molecular flexibility index (Phi) is 3.75. The van der Waals surface area contributed by atoms with Crippen LogP contribution >= 0.6 is 15.9 Å². The van der Waals surface area contributed by atoms with Gasteiger partial charge in [0.15, 0.2) is 6.54 Å². The first-order valence-corrected chi connectivity index (χ1v) is 5.96. The van der Waals surface area contributed by atoms with E-state index in [-0.39, 0.29) is 0 Å². The summed E-state index contributed by atoms with van der Waals surface area (Å²) >= 11 is 3.34. The van der Waals surface area contributed by atoms with E-state index in [1.165, 1.54) is 10.9 Å². The van der Waals surface area contributed by atoms with E-state index in [9.17, 15) is 9.90 Å². The summed E-state index contributed by atoms with van der Waals surface area (Å²) in [6.45, 7) is 0.489. The SMILES string of the molecule is O=c1c[n+](CCC(O)c2ccc(Br)cc2)[nH]o1. The monoisotopic (exact) mass is 299 g/mol. The van der Waals surface area contributed by atoms with Crippen LogP contribution in [0.15, 0.2) is 44.3 Å². The highest BCUT2D eigenvalue weighted by atomic mass is 79.9. The third-order valence-corrected chi connectivity index (χ3v) is 2.95. The summed E-state index contributed by atoms with van der Waals surface area (Å²) in [7, 11) is 0. The van der Waals surface area contributed by atoms with E-state index < -0.39 is 11.7 Å². The van der Waals surface area contributed by atoms with Crippen LogP contribution in [0.3, 0.4) is 0 Å². The van der Waals surface area contributed by atoms with Gasteiger partial charge in [-0.15, -0.1) is 0 Å². The highest BCUT2D eigenvalue weighted by Crippen LogP contribution is 2.19. The molecule has 0 amide bonds. The first kappa shape index (κ1) is 12.1. The molecule has 1 atom stereocenters. The first-order chi connectivity index (χ1) is 8.15. The zero-order valence-electron chi connectivity index (χ0n) is 8.97. The Morgan fingerprint density at radius 1 is 1.41 bits per heavy atom. The fourth-order valence-electron chi connectivity index (χ4n) is 1.51. The normalized spacial score (nSPS) is 12.6. The molecule has 0 spiro atoms. The molecule has 2 rings (SSSR count). The minimum absolute atomic E-state index is 0.428. The second-order valence-electron chi connectivity index (χ2n) is 3.69. The summed E-state index contributed by atoms with van der Waals surface area (Å²) in [5.41, 5.74) is 0.419. The largest absolute Gasteiger partial charge is 0.426 e. The molecule has 1 heterocycles. The summed E-state index contributed by atoms with van der Waals surface area (Å²) in [6, 6.07) is 7.48. The van der Waals surface area contributed by atoms with Gasteiger partial charge in [0.25, 0.3) is 6.20 Å². The molecule has 0 aliphatic heterocycles. The number of benzene rings is 1. The van der Waals surface area contributed by atoms with E-state index in [0.717, 1.165) is 10.0 Å². The summed E-state index contributed by atoms with van der Waals surface area (Å²) in [5, 5.41) is 12.4. The van der Waals surface area contributed by atoms with E-state index in [1.54, 1.807) is 0 Å². The lowest BCUT2D eigenvalue weighted by atomic mass is 10.1. The first-order valence-electron chi connectivity index (χ1n) is 5.16. The predicted octanol–water partition coefficient (Wildman–Crippen LogP) is 1.14. The van der Waals surface area contributed by atoms with Gasteiger partial charge < -0.3 is 5.11 Å². The number of aromatic amines is 1. The number of nitrogens with zero attached hydrogens (tertiary/aromatic N) is 1. The van der Waals surface area contributed by atoms with Crippen molar-refractivity contribution in [3.8, 4) is 0 Å². The Balaban J connectivity index is 1.95. The van der Waals surface area contributed by atoms with Gasteiger partial charge in [0, 0.05) is 10.9 Å². The van der Waals surface area contributed by atoms with Crippen LogP contribution in [0.4, 0.5) is 0 Å². The number of halogens is 1. The van der Waals surface area contributed by atoms with Gasteiger partial charge in [-0.05, 0) is 23.0 Å². The zero-order chi connectivity index (χ0) is 12.3. The van der Waals surface area contributed by atoms with Crippen LogP contribution in [-0.4, -0.2) is 10.4 Å². The number of hydrogen-bond donors (Lipinski definition) is 2. The second-order valence-corrected chi connectivity index (χ2v) is 4.61. The molecule has 2 N–H and O–H groups in total. The van der Waals surface area contributed by atoms with Crippen molar-refractivity contribution in [3.05, 3.63) is 50.9 Å². The smallest absolute Gasteiger partial charge is 0.388 e. The summed E-state index contributed by atoms with van der Waals surface area (Å²) < 4.78 is 6.99. The Labute approximate surface area is 106 Å². The van der Waals surface area contributed by atoms with Gasteiger partial charge in [0.1, 0.15) is 0 Å². The molecular formula is C11H12BrN2O3+. The Hall–Kier alpha value is -1.40. The quantitative estimate of drug-likeness (QED) is 0.832. The highest BCUT2D eigenvalue weighted by molar-refractivity contribution is 9.10. The van der Waals surface area contributed by atoms with Gasteiger partial charge in [0.05, 0.1) is 6.10 Å². The van der Waals surface area contributed by atoms with Crippen molar-refractivity contribution in [2.24, 2.45) is 0 Å². The van der Waals surface area contributed by atoms with Gasteiger partial charge in [-0.1, -0.05) is 32.7 Å². The molecule has 90 valence electrons. The van der Waals surface area contributed by atoms with Crippen LogP contribution in [0, 0.1) is 0 Å². The van der Waals surface area contributed by atoms with Gasteiger partial charge in [-0.3, -0.25) is 4.52 Å². The van der Waals surface area contributed by atoms with Crippen LogP contribution in [0.1, 0.15) is 18.1 Å². The molecule has 1 aromatic carbocycles. The minimum Gasteiger partial charge on any atom is -0.388 e. The molecule has 2 aromatic rings. The topological polar surface area (TPSA) is 70.1 Å².